The molecule has 17 heteroatoms. The molecule has 2 fully saturated rings. The van der Waals surface area contributed by atoms with Gasteiger partial charge in [0.1, 0.15) is 29.9 Å². The lowest BCUT2D eigenvalue weighted by atomic mass is 9.84. The van der Waals surface area contributed by atoms with Crippen molar-refractivity contribution in [3.05, 3.63) is 83.7 Å². The van der Waals surface area contributed by atoms with Crippen LogP contribution in [0.5, 0.6) is 5.75 Å². The number of aliphatic hydroxyl groups excluding tert-OH is 1. The molecule has 17 nitrogen and oxygen atoms in total. The maximum Gasteiger partial charge on any atom is 0.324 e. The molecule has 5 atom stereocenters. The minimum absolute atomic E-state index is 0.0411. The van der Waals surface area contributed by atoms with Gasteiger partial charge in [-0.05, 0) is 96.8 Å². The van der Waals surface area contributed by atoms with Crippen molar-refractivity contribution in [1.82, 2.24) is 40.0 Å². The first-order valence-electron chi connectivity index (χ1n) is 22.9. The normalized spacial score (nSPS) is 20.9. The van der Waals surface area contributed by atoms with Gasteiger partial charge in [0.15, 0.2) is 0 Å². The van der Waals surface area contributed by atoms with Crippen molar-refractivity contribution in [2.75, 3.05) is 60.6 Å². The Kier molecular flexibility index (Phi) is 14.8. The SMILES string of the molecule is C=C(C)[C@@H](C(=O)N[C@H]1Cc2cc(O)cc(c2)-c2ccc3c(c2)c(c(-c2cnccc2COC)n3CC)CC(C)(C)COC(=O)[C@@H]2CCCN(N2)C1=O)N(C)C(=O)CN(C)C(=O)[C@@H]1CN1CCO. The number of aromatic hydroxyl groups is 1. The van der Waals surface area contributed by atoms with E-state index in [4.69, 9.17) is 9.47 Å². The van der Waals surface area contributed by atoms with E-state index in [1.54, 1.807) is 37.3 Å². The zero-order valence-corrected chi connectivity index (χ0v) is 39.6. The predicted octanol–water partition coefficient (Wildman–Crippen LogP) is 3.43. The summed E-state index contributed by atoms with van der Waals surface area (Å²) >= 11 is 0. The van der Waals surface area contributed by atoms with Gasteiger partial charge in [0.2, 0.25) is 17.7 Å². The zero-order valence-electron chi connectivity index (χ0n) is 39.6. The number of likely N-dealkylation sites (N-methyl/N-ethyl adjacent to an activating group) is 2. The van der Waals surface area contributed by atoms with Crippen molar-refractivity contribution in [3.63, 3.8) is 0 Å². The Bertz CT molecular complexity index is 2560. The van der Waals surface area contributed by atoms with Crippen molar-refractivity contribution in [3.8, 4) is 28.1 Å². The van der Waals surface area contributed by atoms with E-state index in [0.717, 1.165) is 38.9 Å². The number of nitrogens with zero attached hydrogens (tertiary/aromatic N) is 6. The highest BCUT2D eigenvalue weighted by Crippen LogP contribution is 2.41. The smallest absolute Gasteiger partial charge is 0.324 e. The van der Waals surface area contributed by atoms with Gasteiger partial charge in [0, 0.05) is 88.1 Å². The highest BCUT2D eigenvalue weighted by atomic mass is 16.5. The number of benzene rings is 2. The van der Waals surface area contributed by atoms with E-state index in [0.29, 0.717) is 62.2 Å². The average Bonchev–Trinajstić information content (AvgIpc) is 4.00. The summed E-state index contributed by atoms with van der Waals surface area (Å²) in [4.78, 5) is 78.5. The third kappa shape index (κ3) is 10.7. The molecule has 1 unspecified atom stereocenters. The quantitative estimate of drug-likeness (QED) is 0.0868. The largest absolute Gasteiger partial charge is 0.508 e. The number of phenolic OH excluding ortho intramolecular Hbond substituents is 1. The lowest BCUT2D eigenvalue weighted by Crippen LogP contribution is -2.62. The number of amides is 4. The molecule has 67 heavy (non-hydrogen) atoms. The number of aryl methyl sites for hydroxylation is 1. The number of β-amino-alcohol motifs (C(OH)–C–C–N with tert-alkyl or cyclic N) is 1. The molecule has 0 radical (unpaired) electrons. The molecule has 2 aromatic carbocycles. The molecule has 5 heterocycles. The number of nitrogens with one attached hydrogen (secondary N) is 2. The van der Waals surface area contributed by atoms with Gasteiger partial charge >= 0.3 is 5.97 Å². The molecule has 4 aromatic rings. The van der Waals surface area contributed by atoms with Gasteiger partial charge in [-0.3, -0.25) is 38.9 Å². The highest BCUT2D eigenvalue weighted by Gasteiger charge is 2.42. The topological polar surface area (TPSA) is 199 Å². The van der Waals surface area contributed by atoms with Gasteiger partial charge in [-0.25, -0.2) is 5.43 Å². The number of hydrazine groups is 1. The molecule has 6 bridgehead atoms. The van der Waals surface area contributed by atoms with Crippen LogP contribution < -0.4 is 10.7 Å². The van der Waals surface area contributed by atoms with Crippen LogP contribution in [-0.4, -0.2) is 154 Å². The lowest BCUT2D eigenvalue weighted by molar-refractivity contribution is -0.155. The summed E-state index contributed by atoms with van der Waals surface area (Å²) in [6.45, 7) is 13.6. The van der Waals surface area contributed by atoms with Gasteiger partial charge in [-0.1, -0.05) is 32.6 Å². The van der Waals surface area contributed by atoms with Crippen LogP contribution in [0.25, 0.3) is 33.3 Å². The summed E-state index contributed by atoms with van der Waals surface area (Å²) in [5, 5.41) is 25.8. The van der Waals surface area contributed by atoms with E-state index < -0.39 is 53.3 Å². The standard InChI is InChI=1S/C50H64N8O9/c1-9-57-41-13-12-32-23-36(41)37(45(57)38-25-51-15-14-33(38)28-66-8)24-50(4,5)29-67-49(65)39-11-10-16-58(53-39)47(63)40(21-31-19-34(32)22-35(60)20-31)52-46(62)44(30(2)3)55(7)43(61)27-54(6)48(64)42-26-56(42)17-18-59/h12-15,19-20,22-23,25,39-40,42,44,53,59-60H,2,9-11,16-18,21,24,26-29H2,1,3-8H3,(H,52,62)/t39-,40-,42-,44-,56?/m0/s1. The molecule has 0 spiro atoms. The van der Waals surface area contributed by atoms with E-state index in [9.17, 15) is 34.2 Å². The van der Waals surface area contributed by atoms with Gasteiger partial charge in [-0.2, -0.15) is 0 Å². The molecule has 2 aromatic heterocycles. The molecular weight excluding hydrogens is 857 g/mol. The fourth-order valence-corrected chi connectivity index (χ4v) is 9.49. The Morgan fingerprint density at radius 2 is 1.90 bits per heavy atom. The van der Waals surface area contributed by atoms with E-state index in [1.807, 2.05) is 24.4 Å². The number of aromatic nitrogens is 2. The number of hydrogen-bond acceptors (Lipinski definition) is 12. The van der Waals surface area contributed by atoms with Crippen molar-refractivity contribution in [1.29, 1.82) is 0 Å². The number of carbonyl (C=O) groups is 5. The number of esters is 1. The maximum atomic E-state index is 14.7. The van der Waals surface area contributed by atoms with Gasteiger partial charge in [0.25, 0.3) is 5.91 Å². The average molecular weight is 921 g/mol. The fourth-order valence-electron chi connectivity index (χ4n) is 9.49. The van der Waals surface area contributed by atoms with Crippen molar-refractivity contribution < 1.29 is 43.7 Å². The third-order valence-electron chi connectivity index (χ3n) is 12.9. The summed E-state index contributed by atoms with van der Waals surface area (Å²) < 4.78 is 14.0. The molecule has 0 saturated carbocycles. The summed E-state index contributed by atoms with van der Waals surface area (Å²) in [5.41, 5.74) is 9.83. The number of ether oxygens (including phenoxy) is 2. The molecule has 2 saturated heterocycles. The van der Waals surface area contributed by atoms with Crippen LogP contribution in [0.3, 0.4) is 0 Å². The number of rotatable bonds is 13. The first kappa shape index (κ1) is 48.8. The molecular formula is C50H64N8O9. The Balaban J connectivity index is 1.27. The van der Waals surface area contributed by atoms with Gasteiger partial charge < -0.3 is 39.4 Å². The second-order valence-electron chi connectivity index (χ2n) is 18.9. The van der Waals surface area contributed by atoms with Gasteiger partial charge in [0.05, 0.1) is 32.1 Å². The minimum Gasteiger partial charge on any atom is -0.508 e. The van der Waals surface area contributed by atoms with Crippen LogP contribution >= 0.6 is 0 Å². The number of methoxy groups -OCH3 is 1. The second kappa shape index (κ2) is 20.4. The first-order chi connectivity index (χ1) is 31.9. The number of cyclic esters (lactones) is 1. The Morgan fingerprint density at radius 3 is 2.61 bits per heavy atom. The minimum atomic E-state index is -1.24. The number of carbonyl (C=O) groups excluding carboxylic acids is 5. The monoisotopic (exact) mass is 920 g/mol. The van der Waals surface area contributed by atoms with Crippen molar-refractivity contribution >= 4 is 40.5 Å². The predicted molar refractivity (Wildman–Crippen MR) is 252 cm³/mol. The second-order valence-corrected chi connectivity index (χ2v) is 18.9. The number of aliphatic hydroxyl groups is 1. The van der Waals surface area contributed by atoms with Gasteiger partial charge in [-0.15, -0.1) is 0 Å². The zero-order chi connectivity index (χ0) is 48.3. The summed E-state index contributed by atoms with van der Waals surface area (Å²) in [6.07, 6.45) is 4.98. The van der Waals surface area contributed by atoms with Crippen LogP contribution in [-0.2, 0) is 59.4 Å². The lowest BCUT2D eigenvalue weighted by Gasteiger charge is -2.36. The number of hydrogen-bond donors (Lipinski definition) is 4. The van der Waals surface area contributed by atoms with E-state index in [2.05, 4.69) is 59.8 Å². The number of fused-ring (bicyclic) bond motifs is 6. The van der Waals surface area contributed by atoms with Crippen LogP contribution in [0.15, 0.2) is 67.0 Å². The van der Waals surface area contributed by atoms with Crippen LogP contribution in [0.2, 0.25) is 0 Å². The number of phenols is 1. The molecule has 3 aliphatic rings. The van der Waals surface area contributed by atoms with Crippen LogP contribution in [0.1, 0.15) is 57.2 Å². The van der Waals surface area contributed by atoms with Crippen molar-refractivity contribution in [2.45, 2.75) is 90.7 Å². The molecule has 3 aliphatic heterocycles. The fraction of sp³-hybridized carbons (Fsp3) is 0.480. The summed E-state index contributed by atoms with van der Waals surface area (Å²) in [7, 11) is 4.62. The molecule has 4 amide bonds. The summed E-state index contributed by atoms with van der Waals surface area (Å²) in [6, 6.07) is 9.51. The Labute approximate surface area is 391 Å². The number of pyridine rings is 1. The van der Waals surface area contributed by atoms with Crippen molar-refractivity contribution in [2.24, 2.45) is 5.41 Å². The Hall–Kier alpha value is -6.14. The van der Waals surface area contributed by atoms with E-state index in [1.165, 1.54) is 28.9 Å². The molecule has 0 aliphatic carbocycles. The summed E-state index contributed by atoms with van der Waals surface area (Å²) in [5.74, 6) is -2.56. The van der Waals surface area contributed by atoms with E-state index >= 15 is 0 Å². The van der Waals surface area contributed by atoms with Crippen LogP contribution in [0, 0.1) is 5.41 Å². The maximum absolute atomic E-state index is 14.7. The first-order valence-corrected chi connectivity index (χ1v) is 22.9. The Morgan fingerprint density at radius 1 is 1.12 bits per heavy atom. The van der Waals surface area contributed by atoms with Crippen LogP contribution in [0.4, 0.5) is 0 Å². The molecule has 4 N–H and O–H groups in total. The highest BCUT2D eigenvalue weighted by molar-refractivity contribution is 5.97. The molecule has 358 valence electrons. The third-order valence-corrected chi connectivity index (χ3v) is 12.9. The molecule has 7 rings (SSSR count). The van der Waals surface area contributed by atoms with E-state index in [-0.39, 0.29) is 44.4 Å².